The Kier molecular flexibility index (Phi) is 4.06. The van der Waals surface area contributed by atoms with Gasteiger partial charge in [-0.25, -0.2) is 0 Å². The van der Waals surface area contributed by atoms with E-state index in [0.717, 1.165) is 21.7 Å². The van der Waals surface area contributed by atoms with Gasteiger partial charge in [-0.05, 0) is 30.7 Å². The third-order valence-corrected chi connectivity index (χ3v) is 2.48. The van der Waals surface area contributed by atoms with E-state index in [4.69, 9.17) is 16.3 Å². The van der Waals surface area contributed by atoms with E-state index in [1.54, 1.807) is 0 Å². The van der Waals surface area contributed by atoms with Crippen LogP contribution in [0.5, 0.6) is 0 Å². The van der Waals surface area contributed by atoms with Gasteiger partial charge in [0.1, 0.15) is 0 Å². The first-order chi connectivity index (χ1) is 5.74. The van der Waals surface area contributed by atoms with Crippen molar-refractivity contribution in [2.45, 2.75) is 13.5 Å². The highest BCUT2D eigenvalue weighted by molar-refractivity contribution is 9.10. The van der Waals surface area contributed by atoms with Gasteiger partial charge in [0.2, 0.25) is 0 Å². The smallest absolute Gasteiger partial charge is 0.0728 e. The van der Waals surface area contributed by atoms with Crippen LogP contribution in [0.15, 0.2) is 22.7 Å². The van der Waals surface area contributed by atoms with E-state index in [1.807, 2.05) is 25.1 Å². The van der Waals surface area contributed by atoms with Crippen LogP contribution < -0.4 is 0 Å². The Labute approximate surface area is 85.8 Å². The van der Waals surface area contributed by atoms with Crippen molar-refractivity contribution in [1.82, 2.24) is 0 Å². The molecule has 0 spiro atoms. The van der Waals surface area contributed by atoms with Crippen molar-refractivity contribution in [2.24, 2.45) is 0 Å². The summed E-state index contributed by atoms with van der Waals surface area (Å²) in [6, 6.07) is 5.68. The average molecular weight is 250 g/mol. The molecule has 0 heterocycles. The zero-order valence-corrected chi connectivity index (χ0v) is 9.15. The molecule has 0 atom stereocenters. The molecular weight excluding hydrogens is 239 g/mol. The minimum Gasteiger partial charge on any atom is -0.377 e. The van der Waals surface area contributed by atoms with Crippen LogP contribution >= 0.6 is 27.5 Å². The normalized spacial score (nSPS) is 10.2. The second kappa shape index (κ2) is 4.85. The molecule has 66 valence electrons. The summed E-state index contributed by atoms with van der Waals surface area (Å²) in [5, 5.41) is 0.743. The van der Waals surface area contributed by atoms with Gasteiger partial charge in [-0.2, -0.15) is 0 Å². The van der Waals surface area contributed by atoms with Crippen molar-refractivity contribution >= 4 is 27.5 Å². The minimum atomic E-state index is 0.609. The Morgan fingerprint density at radius 1 is 1.50 bits per heavy atom. The number of rotatable bonds is 3. The Bertz CT molecular complexity index is 263. The number of hydrogen-bond donors (Lipinski definition) is 0. The van der Waals surface area contributed by atoms with Gasteiger partial charge >= 0.3 is 0 Å². The molecule has 1 aromatic rings. The number of halogens is 2. The molecule has 0 aliphatic carbocycles. The van der Waals surface area contributed by atoms with Crippen LogP contribution in [0.3, 0.4) is 0 Å². The van der Waals surface area contributed by atoms with Crippen molar-refractivity contribution in [2.75, 3.05) is 6.61 Å². The second-order valence-electron chi connectivity index (χ2n) is 2.37. The van der Waals surface area contributed by atoms with Crippen LogP contribution in [0.25, 0.3) is 0 Å². The lowest BCUT2D eigenvalue weighted by atomic mass is 10.2. The second-order valence-corrected chi connectivity index (χ2v) is 3.66. The van der Waals surface area contributed by atoms with Crippen molar-refractivity contribution in [1.29, 1.82) is 0 Å². The number of hydrogen-bond acceptors (Lipinski definition) is 1. The fourth-order valence-electron chi connectivity index (χ4n) is 0.866. The van der Waals surface area contributed by atoms with Crippen molar-refractivity contribution in [3.63, 3.8) is 0 Å². The number of ether oxygens (including phenoxy) is 1. The van der Waals surface area contributed by atoms with Crippen LogP contribution in [-0.4, -0.2) is 6.61 Å². The zero-order valence-electron chi connectivity index (χ0n) is 6.81. The molecule has 1 nitrogen and oxygen atoms in total. The highest BCUT2D eigenvalue weighted by Crippen LogP contribution is 2.21. The van der Waals surface area contributed by atoms with E-state index in [1.165, 1.54) is 0 Å². The standard InChI is InChI=1S/C9H10BrClO/c1-2-12-6-7-5-8(11)3-4-9(7)10/h3-5H,2,6H2,1H3. The van der Waals surface area contributed by atoms with Crippen LogP contribution in [0.4, 0.5) is 0 Å². The van der Waals surface area contributed by atoms with Gasteiger partial charge in [0.05, 0.1) is 6.61 Å². The molecule has 0 aliphatic heterocycles. The fraction of sp³-hybridized carbons (Fsp3) is 0.333. The topological polar surface area (TPSA) is 9.23 Å². The van der Waals surface area contributed by atoms with Crippen LogP contribution in [-0.2, 0) is 11.3 Å². The predicted octanol–water partition coefficient (Wildman–Crippen LogP) is 3.64. The van der Waals surface area contributed by atoms with Crippen LogP contribution in [0.2, 0.25) is 5.02 Å². The maximum atomic E-state index is 5.82. The molecule has 0 radical (unpaired) electrons. The molecule has 0 bridgehead atoms. The Balaban J connectivity index is 2.75. The molecule has 1 aromatic carbocycles. The van der Waals surface area contributed by atoms with Crippen molar-refractivity contribution in [3.05, 3.63) is 33.3 Å². The number of benzene rings is 1. The molecule has 0 saturated carbocycles. The third-order valence-electron chi connectivity index (χ3n) is 1.47. The highest BCUT2D eigenvalue weighted by atomic mass is 79.9. The summed E-state index contributed by atoms with van der Waals surface area (Å²) in [5.74, 6) is 0. The monoisotopic (exact) mass is 248 g/mol. The fourth-order valence-corrected chi connectivity index (χ4v) is 1.42. The summed E-state index contributed by atoms with van der Waals surface area (Å²) in [6.07, 6.45) is 0. The molecule has 3 heteroatoms. The first-order valence-corrected chi connectivity index (χ1v) is 4.92. The molecule has 0 aromatic heterocycles. The predicted molar refractivity (Wildman–Crippen MR) is 54.5 cm³/mol. The lowest BCUT2D eigenvalue weighted by Crippen LogP contribution is -1.92. The van der Waals surface area contributed by atoms with E-state index in [-0.39, 0.29) is 0 Å². The van der Waals surface area contributed by atoms with E-state index in [2.05, 4.69) is 15.9 Å². The summed E-state index contributed by atoms with van der Waals surface area (Å²) in [6.45, 7) is 3.30. The summed E-state index contributed by atoms with van der Waals surface area (Å²) >= 11 is 9.24. The van der Waals surface area contributed by atoms with Crippen molar-refractivity contribution < 1.29 is 4.74 Å². The summed E-state index contributed by atoms with van der Waals surface area (Å²) < 4.78 is 6.31. The van der Waals surface area contributed by atoms with Gasteiger partial charge in [0.25, 0.3) is 0 Å². The summed E-state index contributed by atoms with van der Waals surface area (Å²) in [7, 11) is 0. The lowest BCUT2D eigenvalue weighted by Gasteiger charge is -2.04. The Morgan fingerprint density at radius 3 is 2.92 bits per heavy atom. The van der Waals surface area contributed by atoms with Gasteiger partial charge in [-0.1, -0.05) is 27.5 Å². The van der Waals surface area contributed by atoms with Crippen LogP contribution in [0, 0.1) is 0 Å². The molecule has 0 fully saturated rings. The molecule has 0 unspecified atom stereocenters. The molecule has 0 N–H and O–H groups in total. The summed E-state index contributed by atoms with van der Waals surface area (Å²) in [5.41, 5.74) is 1.09. The van der Waals surface area contributed by atoms with Crippen molar-refractivity contribution in [3.8, 4) is 0 Å². The first kappa shape index (κ1) is 10.0. The molecule has 12 heavy (non-hydrogen) atoms. The van der Waals surface area contributed by atoms with E-state index in [9.17, 15) is 0 Å². The van der Waals surface area contributed by atoms with E-state index < -0.39 is 0 Å². The molecule has 0 aliphatic rings. The first-order valence-electron chi connectivity index (χ1n) is 3.75. The SMILES string of the molecule is CCOCc1cc(Cl)ccc1Br. The van der Waals surface area contributed by atoms with Gasteiger partial charge in [0.15, 0.2) is 0 Å². The Morgan fingerprint density at radius 2 is 2.25 bits per heavy atom. The van der Waals surface area contributed by atoms with Gasteiger partial charge in [-0.15, -0.1) is 0 Å². The highest BCUT2D eigenvalue weighted by Gasteiger charge is 1.99. The largest absolute Gasteiger partial charge is 0.377 e. The maximum absolute atomic E-state index is 5.82. The maximum Gasteiger partial charge on any atom is 0.0728 e. The lowest BCUT2D eigenvalue weighted by molar-refractivity contribution is 0.133. The van der Waals surface area contributed by atoms with E-state index in [0.29, 0.717) is 6.61 Å². The van der Waals surface area contributed by atoms with Gasteiger partial charge < -0.3 is 4.74 Å². The summed E-state index contributed by atoms with van der Waals surface area (Å²) in [4.78, 5) is 0. The van der Waals surface area contributed by atoms with Gasteiger partial charge in [-0.3, -0.25) is 0 Å². The van der Waals surface area contributed by atoms with Gasteiger partial charge in [0, 0.05) is 16.1 Å². The van der Waals surface area contributed by atoms with Crippen LogP contribution in [0.1, 0.15) is 12.5 Å². The molecular formula is C9H10BrClO. The van der Waals surface area contributed by atoms with E-state index >= 15 is 0 Å². The quantitative estimate of drug-likeness (QED) is 0.795. The minimum absolute atomic E-state index is 0.609. The molecule has 0 saturated heterocycles. The zero-order chi connectivity index (χ0) is 8.97. The Hall–Kier alpha value is -0.0500. The molecule has 0 amide bonds. The molecule has 1 rings (SSSR count). The average Bonchev–Trinajstić information content (AvgIpc) is 2.07. The third kappa shape index (κ3) is 2.77.